The second kappa shape index (κ2) is 3.46. The van der Waals surface area contributed by atoms with E-state index in [1.807, 2.05) is 39.0 Å². The van der Waals surface area contributed by atoms with Gasteiger partial charge < -0.3 is 4.52 Å². The first-order valence-electron chi connectivity index (χ1n) is 4.83. The Morgan fingerprint density at radius 3 is 2.53 bits per heavy atom. The van der Waals surface area contributed by atoms with Crippen LogP contribution >= 0.6 is 0 Å². The average Bonchev–Trinajstić information content (AvgIpc) is 2.67. The molecule has 0 saturated carbocycles. The monoisotopic (exact) mass is 203 g/mol. The van der Waals surface area contributed by atoms with E-state index in [0.717, 1.165) is 5.69 Å². The molecule has 4 heteroatoms. The van der Waals surface area contributed by atoms with Crippen molar-refractivity contribution in [2.75, 3.05) is 0 Å². The predicted molar refractivity (Wildman–Crippen MR) is 56.2 cm³/mol. The van der Waals surface area contributed by atoms with Crippen LogP contribution in [0.4, 0.5) is 0 Å². The van der Waals surface area contributed by atoms with Crippen LogP contribution < -0.4 is 0 Å². The van der Waals surface area contributed by atoms with Crippen LogP contribution in [-0.4, -0.2) is 15.1 Å². The highest BCUT2D eigenvalue weighted by molar-refractivity contribution is 5.47. The van der Waals surface area contributed by atoms with Crippen LogP contribution in [0, 0.1) is 0 Å². The van der Waals surface area contributed by atoms with Crippen molar-refractivity contribution in [2.24, 2.45) is 0 Å². The van der Waals surface area contributed by atoms with Gasteiger partial charge in [-0.1, -0.05) is 32.0 Å². The van der Waals surface area contributed by atoms with E-state index < -0.39 is 0 Å². The standard InChI is InChI=1S/C11H13N3O/c1-11(2,3)10-13-9(14-15-10)8-6-4-5-7-12-8/h4-7H,1-3H3. The van der Waals surface area contributed by atoms with Gasteiger partial charge in [0, 0.05) is 11.6 Å². The van der Waals surface area contributed by atoms with Crippen LogP contribution in [-0.2, 0) is 5.41 Å². The van der Waals surface area contributed by atoms with Crippen molar-refractivity contribution in [3.8, 4) is 11.5 Å². The molecule has 0 spiro atoms. The average molecular weight is 203 g/mol. The Hall–Kier alpha value is -1.71. The van der Waals surface area contributed by atoms with E-state index >= 15 is 0 Å². The van der Waals surface area contributed by atoms with E-state index in [9.17, 15) is 0 Å². The minimum atomic E-state index is -0.125. The summed E-state index contributed by atoms with van der Waals surface area (Å²) in [5.74, 6) is 1.17. The molecule has 0 aliphatic carbocycles. The van der Waals surface area contributed by atoms with Crippen molar-refractivity contribution in [3.63, 3.8) is 0 Å². The quantitative estimate of drug-likeness (QED) is 0.714. The fourth-order valence-electron chi connectivity index (χ4n) is 1.13. The van der Waals surface area contributed by atoms with Crippen LogP contribution in [0.5, 0.6) is 0 Å². The second-order valence-electron chi connectivity index (χ2n) is 4.39. The Kier molecular flexibility index (Phi) is 2.26. The number of nitrogens with zero attached hydrogens (tertiary/aromatic N) is 3. The molecule has 2 aromatic heterocycles. The first kappa shape index (κ1) is 9.83. The molecular formula is C11H13N3O. The molecule has 78 valence electrons. The molecule has 2 rings (SSSR count). The highest BCUT2D eigenvalue weighted by atomic mass is 16.5. The van der Waals surface area contributed by atoms with Gasteiger partial charge in [0.05, 0.1) is 0 Å². The van der Waals surface area contributed by atoms with Crippen LogP contribution in [0.2, 0.25) is 0 Å². The molecule has 2 aromatic rings. The first-order chi connectivity index (χ1) is 7.07. The lowest BCUT2D eigenvalue weighted by atomic mass is 9.97. The van der Waals surface area contributed by atoms with Gasteiger partial charge in [0.15, 0.2) is 0 Å². The number of aromatic nitrogens is 3. The molecule has 0 aliphatic rings. The fourth-order valence-corrected chi connectivity index (χ4v) is 1.13. The Morgan fingerprint density at radius 1 is 1.20 bits per heavy atom. The van der Waals surface area contributed by atoms with Gasteiger partial charge in [0.2, 0.25) is 11.7 Å². The molecule has 0 N–H and O–H groups in total. The van der Waals surface area contributed by atoms with E-state index in [2.05, 4.69) is 15.1 Å². The minimum Gasteiger partial charge on any atom is -0.338 e. The van der Waals surface area contributed by atoms with Crippen molar-refractivity contribution < 1.29 is 4.52 Å². The first-order valence-corrected chi connectivity index (χ1v) is 4.83. The van der Waals surface area contributed by atoms with Crippen molar-refractivity contribution in [2.45, 2.75) is 26.2 Å². The Morgan fingerprint density at radius 2 is 2.00 bits per heavy atom. The van der Waals surface area contributed by atoms with Gasteiger partial charge in [0.1, 0.15) is 5.69 Å². The van der Waals surface area contributed by atoms with E-state index in [0.29, 0.717) is 11.7 Å². The summed E-state index contributed by atoms with van der Waals surface area (Å²) >= 11 is 0. The largest absolute Gasteiger partial charge is 0.338 e. The van der Waals surface area contributed by atoms with Crippen molar-refractivity contribution in [3.05, 3.63) is 30.3 Å². The number of hydrogen-bond acceptors (Lipinski definition) is 4. The summed E-state index contributed by atoms with van der Waals surface area (Å²) in [7, 11) is 0. The third kappa shape index (κ3) is 2.03. The summed E-state index contributed by atoms with van der Waals surface area (Å²) in [6, 6.07) is 5.61. The maximum atomic E-state index is 5.18. The number of rotatable bonds is 1. The highest BCUT2D eigenvalue weighted by Gasteiger charge is 2.22. The summed E-state index contributed by atoms with van der Waals surface area (Å²) in [5, 5.41) is 3.90. The molecule has 0 saturated heterocycles. The summed E-state index contributed by atoms with van der Waals surface area (Å²) < 4.78 is 5.18. The van der Waals surface area contributed by atoms with Crippen molar-refractivity contribution in [1.82, 2.24) is 15.1 Å². The SMILES string of the molecule is CC(C)(C)c1nc(-c2ccccn2)no1. The minimum absolute atomic E-state index is 0.125. The molecule has 2 heterocycles. The van der Waals surface area contributed by atoms with E-state index in [4.69, 9.17) is 4.52 Å². The third-order valence-corrected chi connectivity index (χ3v) is 1.96. The smallest absolute Gasteiger partial charge is 0.232 e. The maximum Gasteiger partial charge on any atom is 0.232 e. The summed E-state index contributed by atoms with van der Waals surface area (Å²) in [5.41, 5.74) is 0.608. The van der Waals surface area contributed by atoms with E-state index in [-0.39, 0.29) is 5.41 Å². The van der Waals surface area contributed by atoms with Gasteiger partial charge >= 0.3 is 0 Å². The molecule has 0 unspecified atom stereocenters. The lowest BCUT2D eigenvalue weighted by Gasteiger charge is -2.10. The van der Waals surface area contributed by atoms with Crippen molar-refractivity contribution >= 4 is 0 Å². The molecule has 0 amide bonds. The summed E-state index contributed by atoms with van der Waals surface area (Å²) in [6.45, 7) is 6.09. The molecule has 0 fully saturated rings. The van der Waals surface area contributed by atoms with Crippen LogP contribution in [0.25, 0.3) is 11.5 Å². The molecule has 0 atom stereocenters. The van der Waals surface area contributed by atoms with Gasteiger partial charge in [-0.15, -0.1) is 0 Å². The Bertz CT molecular complexity index is 442. The molecule has 0 bridgehead atoms. The number of pyridine rings is 1. The maximum absolute atomic E-state index is 5.18. The second-order valence-corrected chi connectivity index (χ2v) is 4.39. The van der Waals surface area contributed by atoms with Crippen molar-refractivity contribution in [1.29, 1.82) is 0 Å². The molecule has 0 aliphatic heterocycles. The third-order valence-electron chi connectivity index (χ3n) is 1.96. The zero-order valence-electron chi connectivity index (χ0n) is 9.06. The van der Waals surface area contributed by atoms with Gasteiger partial charge in [0.25, 0.3) is 0 Å². The van der Waals surface area contributed by atoms with Gasteiger partial charge in [-0.2, -0.15) is 4.98 Å². The van der Waals surface area contributed by atoms with Crippen LogP contribution in [0.3, 0.4) is 0 Å². The molecule has 15 heavy (non-hydrogen) atoms. The zero-order valence-corrected chi connectivity index (χ0v) is 9.06. The van der Waals surface area contributed by atoms with Crippen LogP contribution in [0.15, 0.2) is 28.9 Å². The lowest BCUT2D eigenvalue weighted by Crippen LogP contribution is -2.11. The molecule has 0 radical (unpaired) electrons. The topological polar surface area (TPSA) is 51.8 Å². The van der Waals surface area contributed by atoms with E-state index in [1.54, 1.807) is 6.20 Å². The summed E-state index contributed by atoms with van der Waals surface area (Å²) in [4.78, 5) is 8.47. The summed E-state index contributed by atoms with van der Waals surface area (Å²) in [6.07, 6.45) is 1.71. The Labute approximate surface area is 88.4 Å². The van der Waals surface area contributed by atoms with Gasteiger partial charge in [-0.05, 0) is 12.1 Å². The highest BCUT2D eigenvalue weighted by Crippen LogP contribution is 2.22. The zero-order chi connectivity index (χ0) is 10.9. The normalized spacial score (nSPS) is 11.7. The van der Waals surface area contributed by atoms with Crippen LogP contribution in [0.1, 0.15) is 26.7 Å². The predicted octanol–water partition coefficient (Wildman–Crippen LogP) is 2.43. The van der Waals surface area contributed by atoms with Gasteiger partial charge in [-0.25, -0.2) is 0 Å². The lowest BCUT2D eigenvalue weighted by molar-refractivity contribution is 0.321. The number of hydrogen-bond donors (Lipinski definition) is 0. The van der Waals surface area contributed by atoms with Gasteiger partial charge in [-0.3, -0.25) is 4.98 Å². The molecule has 0 aromatic carbocycles. The van der Waals surface area contributed by atoms with E-state index in [1.165, 1.54) is 0 Å². The molecule has 4 nitrogen and oxygen atoms in total. The Balaban J connectivity index is 2.37. The molecular weight excluding hydrogens is 190 g/mol. The fraction of sp³-hybridized carbons (Fsp3) is 0.364.